The summed E-state index contributed by atoms with van der Waals surface area (Å²) in [5, 5.41) is 7.25. The van der Waals surface area contributed by atoms with Gasteiger partial charge >= 0.3 is 0 Å². The van der Waals surface area contributed by atoms with Crippen LogP contribution in [0.3, 0.4) is 0 Å². The van der Waals surface area contributed by atoms with E-state index in [1.165, 1.54) is 6.07 Å². The Bertz CT molecular complexity index is 1080. The van der Waals surface area contributed by atoms with E-state index >= 15 is 0 Å². The zero-order valence-electron chi connectivity index (χ0n) is 15.0. The quantitative estimate of drug-likeness (QED) is 0.759. The van der Waals surface area contributed by atoms with Crippen LogP contribution >= 0.6 is 0 Å². The topological polar surface area (TPSA) is 85.3 Å². The summed E-state index contributed by atoms with van der Waals surface area (Å²) < 4.78 is 11.0. The summed E-state index contributed by atoms with van der Waals surface area (Å²) in [4.78, 5) is 25.1. The zero-order valence-corrected chi connectivity index (χ0v) is 15.0. The molecule has 134 valence electrons. The predicted octanol–water partition coefficient (Wildman–Crippen LogP) is 3.77. The Morgan fingerprint density at radius 3 is 2.88 bits per heavy atom. The molecule has 0 bridgehead atoms. The van der Waals surface area contributed by atoms with Gasteiger partial charge in [-0.1, -0.05) is 18.1 Å². The normalized spacial score (nSPS) is 16.5. The second-order valence-electron chi connectivity index (χ2n) is 7.17. The number of amides is 1. The van der Waals surface area contributed by atoms with E-state index in [2.05, 4.69) is 17.4 Å². The van der Waals surface area contributed by atoms with Gasteiger partial charge in [-0.25, -0.2) is 0 Å². The second-order valence-corrected chi connectivity index (χ2v) is 7.17. The summed E-state index contributed by atoms with van der Waals surface area (Å²) >= 11 is 0. The Morgan fingerprint density at radius 2 is 2.08 bits per heavy atom. The molecule has 3 aromatic rings. The summed E-state index contributed by atoms with van der Waals surface area (Å²) in [7, 11) is 0. The van der Waals surface area contributed by atoms with Crippen LogP contribution in [0.4, 0.5) is 5.88 Å². The van der Waals surface area contributed by atoms with Gasteiger partial charge in [0.2, 0.25) is 5.88 Å². The number of hydrogen-bond acceptors (Lipinski definition) is 5. The molecule has 1 amide bonds. The fourth-order valence-corrected chi connectivity index (χ4v) is 3.62. The minimum Gasteiger partial charge on any atom is -0.451 e. The van der Waals surface area contributed by atoms with Gasteiger partial charge in [-0.15, -0.1) is 0 Å². The molecule has 4 rings (SSSR count). The molecule has 2 heterocycles. The second kappa shape index (κ2) is 6.12. The van der Waals surface area contributed by atoms with E-state index in [1.807, 2.05) is 19.9 Å². The van der Waals surface area contributed by atoms with Gasteiger partial charge in [0, 0.05) is 11.6 Å². The highest BCUT2D eigenvalue weighted by Crippen LogP contribution is 2.31. The average molecular weight is 352 g/mol. The molecule has 1 atom stereocenters. The summed E-state index contributed by atoms with van der Waals surface area (Å²) in [6, 6.07) is 4.91. The first kappa shape index (κ1) is 16.6. The molecule has 6 nitrogen and oxygen atoms in total. The molecule has 0 spiro atoms. The van der Waals surface area contributed by atoms with Crippen molar-refractivity contribution in [2.24, 2.45) is 5.92 Å². The molecular weight excluding hydrogens is 332 g/mol. The van der Waals surface area contributed by atoms with Crippen molar-refractivity contribution in [3.8, 4) is 0 Å². The molecule has 6 heteroatoms. The summed E-state index contributed by atoms with van der Waals surface area (Å²) in [5.74, 6) is 0.309. The molecule has 1 aliphatic carbocycles. The zero-order chi connectivity index (χ0) is 18.4. The number of nitrogens with zero attached hydrogens (tertiary/aromatic N) is 1. The van der Waals surface area contributed by atoms with Crippen LogP contribution < -0.4 is 10.7 Å². The van der Waals surface area contributed by atoms with E-state index in [0.29, 0.717) is 22.8 Å². The van der Waals surface area contributed by atoms with Gasteiger partial charge in [-0.3, -0.25) is 14.9 Å². The Balaban J connectivity index is 1.69. The van der Waals surface area contributed by atoms with Crippen molar-refractivity contribution in [1.82, 2.24) is 5.16 Å². The molecule has 0 aliphatic heterocycles. The lowest BCUT2D eigenvalue weighted by atomic mass is 9.89. The van der Waals surface area contributed by atoms with Crippen LogP contribution in [-0.2, 0) is 12.8 Å². The van der Waals surface area contributed by atoms with Crippen molar-refractivity contribution in [3.63, 3.8) is 0 Å². The third-order valence-electron chi connectivity index (χ3n) is 4.92. The predicted molar refractivity (Wildman–Crippen MR) is 97.6 cm³/mol. The van der Waals surface area contributed by atoms with Gasteiger partial charge in [-0.05, 0) is 56.2 Å². The maximum absolute atomic E-state index is 12.6. The fourth-order valence-electron chi connectivity index (χ4n) is 3.62. The highest BCUT2D eigenvalue weighted by atomic mass is 16.5. The molecular formula is C20H20N2O4. The number of nitrogens with one attached hydrogen (secondary N) is 1. The molecule has 0 saturated heterocycles. The van der Waals surface area contributed by atoms with Gasteiger partial charge in [-0.2, -0.15) is 0 Å². The summed E-state index contributed by atoms with van der Waals surface area (Å²) in [6.45, 7) is 5.93. The molecule has 2 aromatic heterocycles. The van der Waals surface area contributed by atoms with E-state index in [1.54, 1.807) is 6.07 Å². The van der Waals surface area contributed by atoms with Crippen LogP contribution in [0, 0.1) is 19.8 Å². The minimum absolute atomic E-state index is 0.0403. The summed E-state index contributed by atoms with van der Waals surface area (Å²) in [5.41, 5.74) is 3.81. The molecule has 0 radical (unpaired) electrons. The molecule has 26 heavy (non-hydrogen) atoms. The number of hydrogen-bond donors (Lipinski definition) is 1. The number of anilines is 1. The number of rotatable bonds is 2. The van der Waals surface area contributed by atoms with Crippen molar-refractivity contribution < 1.29 is 13.7 Å². The van der Waals surface area contributed by atoms with E-state index in [9.17, 15) is 9.59 Å². The number of fused-ring (bicyclic) bond motifs is 2. The molecule has 1 N–H and O–H groups in total. The Hall–Kier alpha value is -2.89. The third kappa shape index (κ3) is 2.81. The van der Waals surface area contributed by atoms with Gasteiger partial charge in [0.1, 0.15) is 5.58 Å². The van der Waals surface area contributed by atoms with Crippen LogP contribution in [-0.4, -0.2) is 11.1 Å². The van der Waals surface area contributed by atoms with Crippen molar-refractivity contribution in [2.45, 2.75) is 40.0 Å². The van der Waals surface area contributed by atoms with Gasteiger partial charge in [0.25, 0.3) is 5.91 Å². The third-order valence-corrected chi connectivity index (χ3v) is 4.92. The van der Waals surface area contributed by atoms with Crippen molar-refractivity contribution in [1.29, 1.82) is 0 Å². The number of aryl methyl sites for hydroxylation is 3. The van der Waals surface area contributed by atoms with E-state index < -0.39 is 5.91 Å². The Labute approximate surface area is 150 Å². The van der Waals surface area contributed by atoms with E-state index in [4.69, 9.17) is 8.94 Å². The molecule has 1 aromatic carbocycles. The largest absolute Gasteiger partial charge is 0.451 e. The van der Waals surface area contributed by atoms with Crippen LogP contribution in [0.1, 0.15) is 46.3 Å². The van der Waals surface area contributed by atoms with Crippen molar-refractivity contribution in [3.05, 3.63) is 56.6 Å². The molecule has 0 fully saturated rings. The van der Waals surface area contributed by atoms with Crippen LogP contribution in [0.5, 0.6) is 0 Å². The lowest BCUT2D eigenvalue weighted by molar-refractivity contribution is 0.0994. The summed E-state index contributed by atoms with van der Waals surface area (Å²) in [6.07, 6.45) is 2.72. The van der Waals surface area contributed by atoms with Crippen LogP contribution in [0.15, 0.2) is 31.9 Å². The first-order valence-corrected chi connectivity index (χ1v) is 8.76. The van der Waals surface area contributed by atoms with E-state index in [0.717, 1.165) is 41.6 Å². The lowest BCUT2D eigenvalue weighted by Gasteiger charge is -2.16. The Morgan fingerprint density at radius 1 is 1.27 bits per heavy atom. The smallest absolute Gasteiger partial charge is 0.293 e. The maximum Gasteiger partial charge on any atom is 0.293 e. The Kier molecular flexibility index (Phi) is 3.90. The average Bonchev–Trinajstić information content (AvgIpc) is 2.95. The number of benzene rings is 1. The van der Waals surface area contributed by atoms with Gasteiger partial charge in [0.15, 0.2) is 11.2 Å². The highest BCUT2D eigenvalue weighted by molar-refractivity contribution is 6.02. The number of carbonyl (C=O) groups excluding carboxylic acids is 1. The van der Waals surface area contributed by atoms with Crippen molar-refractivity contribution >= 4 is 22.8 Å². The fraction of sp³-hybridized carbons (Fsp3) is 0.350. The molecule has 0 saturated carbocycles. The first-order chi connectivity index (χ1) is 12.4. The maximum atomic E-state index is 12.6. The van der Waals surface area contributed by atoms with Gasteiger partial charge < -0.3 is 8.94 Å². The van der Waals surface area contributed by atoms with Crippen LogP contribution in [0.2, 0.25) is 0 Å². The van der Waals surface area contributed by atoms with Crippen LogP contribution in [0.25, 0.3) is 11.0 Å². The standard InChI is InChI=1S/C20H20N2O4/c1-10-4-5-14-13(7-10)20(26-22-14)21-19(24)17-9-15(23)18-12(3)6-11(2)8-16(18)25-17/h6,8-10H,4-5,7H2,1-3H3,(H,21,24)/t10-/m0/s1. The van der Waals surface area contributed by atoms with Crippen molar-refractivity contribution in [2.75, 3.05) is 5.32 Å². The monoisotopic (exact) mass is 352 g/mol. The number of carbonyl (C=O) groups is 1. The number of aromatic nitrogens is 1. The van der Waals surface area contributed by atoms with Gasteiger partial charge in [0.05, 0.1) is 11.1 Å². The SMILES string of the molecule is Cc1cc(C)c2c(=O)cc(C(=O)Nc3onc4c3C[C@@H](C)CC4)oc2c1. The first-order valence-electron chi connectivity index (χ1n) is 8.76. The minimum atomic E-state index is -0.514. The highest BCUT2D eigenvalue weighted by Gasteiger charge is 2.25. The molecule has 1 aliphatic rings. The van der Waals surface area contributed by atoms with E-state index in [-0.39, 0.29) is 11.2 Å². The lowest BCUT2D eigenvalue weighted by Crippen LogP contribution is -2.17. The molecule has 0 unspecified atom stereocenters.